The fourth-order valence-corrected chi connectivity index (χ4v) is 2.97. The molecule has 0 saturated heterocycles. The number of Topliss-reactive ketones (excluding diaryl/α,β-unsaturated/α-hetero) is 1. The maximum absolute atomic E-state index is 12.6. The lowest BCUT2D eigenvalue weighted by molar-refractivity contribution is 0.0976. The molecule has 1 N–H and O–H groups in total. The minimum Gasteiger partial charge on any atom is -0.378 e. The monoisotopic (exact) mass is 427 g/mol. The first kappa shape index (κ1) is 16.7. The number of rotatable bonds is 6. The van der Waals surface area contributed by atoms with Crippen LogP contribution in [-0.4, -0.2) is 5.78 Å². The van der Waals surface area contributed by atoms with Gasteiger partial charge in [-0.25, -0.2) is 0 Å². The number of ketones is 1. The molecular formula is C21H18INO. The van der Waals surface area contributed by atoms with Gasteiger partial charge in [-0.05, 0) is 52.4 Å². The molecule has 0 aliphatic rings. The molecule has 3 aromatic carbocycles. The van der Waals surface area contributed by atoms with Crippen LogP contribution in [0.25, 0.3) is 0 Å². The van der Waals surface area contributed by atoms with E-state index in [9.17, 15) is 4.79 Å². The number of nitrogens with one attached hydrogen (secondary N) is 1. The summed E-state index contributed by atoms with van der Waals surface area (Å²) < 4.78 is 1.19. The summed E-state index contributed by atoms with van der Waals surface area (Å²) in [4.78, 5) is 12.6. The van der Waals surface area contributed by atoms with Gasteiger partial charge in [0.15, 0.2) is 5.78 Å². The number of anilines is 1. The van der Waals surface area contributed by atoms with Crippen LogP contribution in [-0.2, 0) is 0 Å². The molecule has 0 bridgehead atoms. The normalized spacial score (nSPS) is 11.7. The number of carbonyl (C=O) groups is 1. The van der Waals surface area contributed by atoms with Crippen LogP contribution < -0.4 is 5.32 Å². The number of hydrogen-bond acceptors (Lipinski definition) is 2. The van der Waals surface area contributed by atoms with Crippen molar-refractivity contribution in [3.8, 4) is 0 Å². The Labute approximate surface area is 156 Å². The summed E-state index contributed by atoms with van der Waals surface area (Å²) in [5.74, 6) is 0.141. The Bertz CT molecular complexity index is 785. The number of hydrogen-bond donors (Lipinski definition) is 1. The Hall–Kier alpha value is -2.14. The van der Waals surface area contributed by atoms with Crippen molar-refractivity contribution >= 4 is 34.1 Å². The molecule has 0 aliphatic heterocycles. The number of carbonyl (C=O) groups excluding carboxylic acids is 1. The van der Waals surface area contributed by atoms with Gasteiger partial charge in [0.25, 0.3) is 0 Å². The van der Waals surface area contributed by atoms with E-state index in [4.69, 9.17) is 0 Å². The van der Waals surface area contributed by atoms with Gasteiger partial charge in [-0.3, -0.25) is 4.79 Å². The molecule has 0 heterocycles. The van der Waals surface area contributed by atoms with E-state index < -0.39 is 0 Å². The van der Waals surface area contributed by atoms with Crippen molar-refractivity contribution in [2.75, 3.05) is 5.32 Å². The van der Waals surface area contributed by atoms with Gasteiger partial charge in [0.05, 0.1) is 6.04 Å². The summed E-state index contributed by atoms with van der Waals surface area (Å²) in [5.41, 5.74) is 2.88. The third-order valence-corrected chi connectivity index (χ3v) is 4.59. The zero-order chi connectivity index (χ0) is 16.8. The van der Waals surface area contributed by atoms with Gasteiger partial charge in [0.1, 0.15) is 0 Å². The molecule has 3 rings (SSSR count). The lowest BCUT2D eigenvalue weighted by atomic mass is 9.97. The average Bonchev–Trinajstić information content (AvgIpc) is 2.64. The summed E-state index contributed by atoms with van der Waals surface area (Å²) in [6.45, 7) is 0. The minimum absolute atomic E-state index is 0.0565. The molecule has 3 aromatic rings. The van der Waals surface area contributed by atoms with Crippen molar-refractivity contribution in [2.24, 2.45) is 0 Å². The first-order valence-electron chi connectivity index (χ1n) is 7.87. The molecule has 0 aromatic heterocycles. The van der Waals surface area contributed by atoms with E-state index in [0.29, 0.717) is 6.42 Å². The molecule has 0 fully saturated rings. The highest BCUT2D eigenvalue weighted by Crippen LogP contribution is 2.25. The van der Waals surface area contributed by atoms with E-state index in [0.717, 1.165) is 16.8 Å². The second-order valence-electron chi connectivity index (χ2n) is 5.61. The van der Waals surface area contributed by atoms with Crippen molar-refractivity contribution in [1.29, 1.82) is 0 Å². The lowest BCUT2D eigenvalue weighted by Gasteiger charge is -2.20. The topological polar surface area (TPSA) is 29.1 Å². The molecule has 0 radical (unpaired) electrons. The molecule has 0 saturated carbocycles. The maximum Gasteiger partial charge on any atom is 0.165 e. The Morgan fingerprint density at radius 2 is 1.42 bits per heavy atom. The van der Waals surface area contributed by atoms with Gasteiger partial charge in [0, 0.05) is 21.2 Å². The molecule has 1 atom stereocenters. The van der Waals surface area contributed by atoms with Crippen LogP contribution in [0, 0.1) is 3.57 Å². The van der Waals surface area contributed by atoms with Crippen molar-refractivity contribution in [3.63, 3.8) is 0 Å². The molecule has 2 nitrogen and oxygen atoms in total. The predicted molar refractivity (Wildman–Crippen MR) is 107 cm³/mol. The summed E-state index contributed by atoms with van der Waals surface area (Å²) in [5, 5.41) is 3.50. The van der Waals surface area contributed by atoms with Gasteiger partial charge < -0.3 is 5.32 Å². The van der Waals surface area contributed by atoms with E-state index in [2.05, 4.69) is 52.2 Å². The van der Waals surface area contributed by atoms with Gasteiger partial charge in [-0.15, -0.1) is 0 Å². The SMILES string of the molecule is O=C(C[C@H](Nc1ccc(I)cc1)c1ccccc1)c1ccccc1. The molecule has 0 amide bonds. The van der Waals surface area contributed by atoms with Crippen LogP contribution >= 0.6 is 22.6 Å². The van der Waals surface area contributed by atoms with Crippen molar-refractivity contribution in [2.45, 2.75) is 12.5 Å². The number of halogens is 1. The summed E-state index contributed by atoms with van der Waals surface area (Å²) in [7, 11) is 0. The second-order valence-corrected chi connectivity index (χ2v) is 6.85. The molecule has 24 heavy (non-hydrogen) atoms. The molecule has 0 spiro atoms. The van der Waals surface area contributed by atoms with Crippen LogP contribution in [0.4, 0.5) is 5.69 Å². The highest BCUT2D eigenvalue weighted by atomic mass is 127. The van der Waals surface area contributed by atoms with Gasteiger partial charge in [-0.1, -0.05) is 60.7 Å². The summed E-state index contributed by atoms with van der Waals surface area (Å²) in [6, 6.07) is 27.7. The van der Waals surface area contributed by atoms with E-state index in [1.165, 1.54) is 3.57 Å². The van der Waals surface area contributed by atoms with Crippen molar-refractivity contribution in [3.05, 3.63) is 99.6 Å². The maximum atomic E-state index is 12.6. The third-order valence-electron chi connectivity index (χ3n) is 3.87. The Morgan fingerprint density at radius 3 is 2.04 bits per heavy atom. The fourth-order valence-electron chi connectivity index (χ4n) is 2.61. The van der Waals surface area contributed by atoms with Crippen LogP contribution in [0.5, 0.6) is 0 Å². The molecular weight excluding hydrogens is 409 g/mol. The molecule has 0 unspecified atom stereocenters. The summed E-state index contributed by atoms with van der Waals surface area (Å²) in [6.07, 6.45) is 0.417. The highest BCUT2D eigenvalue weighted by Gasteiger charge is 2.17. The number of benzene rings is 3. The second kappa shape index (κ2) is 8.11. The van der Waals surface area contributed by atoms with Crippen LogP contribution in [0.2, 0.25) is 0 Å². The smallest absolute Gasteiger partial charge is 0.165 e. The van der Waals surface area contributed by atoms with Gasteiger partial charge in [-0.2, -0.15) is 0 Å². The zero-order valence-corrected chi connectivity index (χ0v) is 15.3. The molecule has 0 aliphatic carbocycles. The van der Waals surface area contributed by atoms with Crippen molar-refractivity contribution in [1.82, 2.24) is 0 Å². The van der Waals surface area contributed by atoms with E-state index in [1.807, 2.05) is 60.7 Å². The Morgan fingerprint density at radius 1 is 0.833 bits per heavy atom. The highest BCUT2D eigenvalue weighted by molar-refractivity contribution is 14.1. The summed E-state index contributed by atoms with van der Waals surface area (Å²) >= 11 is 2.29. The van der Waals surface area contributed by atoms with Crippen LogP contribution in [0.15, 0.2) is 84.9 Å². The molecule has 120 valence electrons. The average molecular weight is 427 g/mol. The van der Waals surface area contributed by atoms with Gasteiger partial charge >= 0.3 is 0 Å². The first-order chi connectivity index (χ1) is 11.7. The van der Waals surface area contributed by atoms with E-state index in [1.54, 1.807) is 0 Å². The third kappa shape index (κ3) is 4.45. The predicted octanol–water partition coefficient (Wildman–Crippen LogP) is 5.72. The Kier molecular flexibility index (Phi) is 5.64. The quantitative estimate of drug-likeness (QED) is 0.403. The lowest BCUT2D eigenvalue weighted by Crippen LogP contribution is -2.15. The molecule has 3 heteroatoms. The zero-order valence-electron chi connectivity index (χ0n) is 13.2. The van der Waals surface area contributed by atoms with Crippen LogP contribution in [0.1, 0.15) is 28.4 Å². The first-order valence-corrected chi connectivity index (χ1v) is 8.95. The Balaban J connectivity index is 1.82. The van der Waals surface area contributed by atoms with E-state index >= 15 is 0 Å². The largest absolute Gasteiger partial charge is 0.378 e. The van der Waals surface area contributed by atoms with Crippen molar-refractivity contribution < 1.29 is 4.79 Å². The fraction of sp³-hybridized carbons (Fsp3) is 0.0952. The van der Waals surface area contributed by atoms with Crippen LogP contribution in [0.3, 0.4) is 0 Å². The minimum atomic E-state index is -0.0565. The standard InChI is InChI=1S/C21H18INO/c22-18-11-13-19(14-12-18)23-20(16-7-3-1-4-8-16)15-21(24)17-9-5-2-6-10-17/h1-14,20,23H,15H2/t20-/m0/s1. The van der Waals surface area contributed by atoms with Gasteiger partial charge in [0.2, 0.25) is 0 Å². The van der Waals surface area contributed by atoms with E-state index in [-0.39, 0.29) is 11.8 Å².